The van der Waals surface area contributed by atoms with E-state index in [0.717, 1.165) is 10.5 Å². The third-order valence-electron chi connectivity index (χ3n) is 1.94. The van der Waals surface area contributed by atoms with Crippen LogP contribution < -0.4 is 10.2 Å². The molecule has 0 aliphatic heterocycles. The minimum absolute atomic E-state index is 0. The van der Waals surface area contributed by atoms with Gasteiger partial charge < -0.3 is 22.8 Å². The number of hydrogen-bond donors (Lipinski definition) is 0. The van der Waals surface area contributed by atoms with Crippen molar-refractivity contribution in [1.82, 2.24) is 0 Å². The van der Waals surface area contributed by atoms with Crippen molar-refractivity contribution in [3.63, 3.8) is 0 Å². The summed E-state index contributed by atoms with van der Waals surface area (Å²) in [6, 6.07) is 17.3. The van der Waals surface area contributed by atoms with Crippen molar-refractivity contribution in [1.29, 1.82) is 0 Å². The van der Waals surface area contributed by atoms with Gasteiger partial charge in [-0.25, -0.2) is 0 Å². The molecule has 0 aliphatic rings. The van der Waals surface area contributed by atoms with Crippen LogP contribution >= 0.6 is 0 Å². The van der Waals surface area contributed by atoms with E-state index >= 15 is 0 Å². The Hall–Kier alpha value is -1.15. The van der Waals surface area contributed by atoms with Gasteiger partial charge in [-0.05, 0) is 25.5 Å². The molecular formula is C21H26O2STi. The summed E-state index contributed by atoms with van der Waals surface area (Å²) in [5.74, 6) is 2.30. The normalized spacial score (nSPS) is 8.32. The van der Waals surface area contributed by atoms with E-state index in [1.807, 2.05) is 61.5 Å². The Morgan fingerprint density at radius 2 is 1.20 bits per heavy atom. The largest absolute Gasteiger partial charge is 3.00 e. The van der Waals surface area contributed by atoms with Crippen LogP contribution in [0.15, 0.2) is 59.5 Å². The van der Waals surface area contributed by atoms with Crippen molar-refractivity contribution in [2.45, 2.75) is 51.7 Å². The molecule has 0 aliphatic carbocycles. The molecule has 0 heterocycles. The van der Waals surface area contributed by atoms with Gasteiger partial charge in [0.25, 0.3) is 0 Å². The van der Waals surface area contributed by atoms with Gasteiger partial charge in [0.1, 0.15) is 0 Å². The zero-order valence-electron chi connectivity index (χ0n) is 15.6. The second kappa shape index (κ2) is 19.2. The molecule has 2 rings (SSSR count). The van der Waals surface area contributed by atoms with Gasteiger partial charge in [-0.1, -0.05) is 81.6 Å². The first-order valence-electron chi connectivity index (χ1n) is 7.72. The average molecular weight is 390 g/mol. The predicted molar refractivity (Wildman–Crippen MR) is 99.8 cm³/mol. The fourth-order valence-electron chi connectivity index (χ4n) is 1.06. The van der Waals surface area contributed by atoms with Crippen molar-refractivity contribution in [3.8, 4) is 5.92 Å². The minimum Gasteiger partial charge on any atom is -0.852 e. The van der Waals surface area contributed by atoms with Crippen molar-refractivity contribution in [2.24, 2.45) is 0 Å². The Labute approximate surface area is 174 Å². The summed E-state index contributed by atoms with van der Waals surface area (Å²) in [7, 11) is 0. The first kappa shape index (κ1) is 28.6. The van der Waals surface area contributed by atoms with Gasteiger partial charge in [-0.3, -0.25) is 0 Å². The molecule has 0 bridgehead atoms. The summed E-state index contributed by atoms with van der Waals surface area (Å²) >= 11 is 4.81. The van der Waals surface area contributed by atoms with Gasteiger partial charge in [0.2, 0.25) is 0 Å². The van der Waals surface area contributed by atoms with Crippen LogP contribution in [0.3, 0.4) is 0 Å². The Morgan fingerprint density at radius 3 is 1.44 bits per heavy atom. The van der Waals surface area contributed by atoms with Crippen molar-refractivity contribution < 1.29 is 31.9 Å². The molecule has 0 aromatic heterocycles. The molecule has 0 amide bonds. The molecule has 0 atom stereocenters. The molecule has 2 aromatic carbocycles. The van der Waals surface area contributed by atoms with Gasteiger partial charge >= 0.3 is 21.7 Å². The molecule has 0 saturated heterocycles. The zero-order valence-corrected chi connectivity index (χ0v) is 18.0. The number of rotatable bonds is 0. The van der Waals surface area contributed by atoms with Crippen LogP contribution in [-0.2, 0) is 34.3 Å². The summed E-state index contributed by atoms with van der Waals surface area (Å²) in [6.45, 7) is 8.47. The monoisotopic (exact) mass is 390 g/mol. The van der Waals surface area contributed by atoms with Crippen LogP contribution in [-0.4, -0.2) is 12.2 Å². The Morgan fingerprint density at radius 1 is 0.840 bits per heavy atom. The molecule has 4 heteroatoms. The molecule has 2 radical (unpaired) electrons. The maximum atomic E-state index is 9.53. The van der Waals surface area contributed by atoms with E-state index in [-0.39, 0.29) is 21.7 Å². The maximum absolute atomic E-state index is 9.53. The standard InChI is InChI=1S/C9H7.C6H6S.2C3H7O.Ti/c1-3-9-6-4-8(2)5-7-9;7-6-4-2-1-3-5-6;2*1-3(2)4;/h4-7H,2H3;1-5,7H;2*3H,1-2H3;/q;;2*-1;+3/p-1. The Kier molecular flexibility index (Phi) is 22.0. The van der Waals surface area contributed by atoms with E-state index in [2.05, 4.69) is 5.92 Å². The van der Waals surface area contributed by atoms with Gasteiger partial charge in [0.05, 0.1) is 0 Å². The Bertz CT molecular complexity index is 535. The molecule has 0 spiro atoms. The zero-order chi connectivity index (χ0) is 19.0. The second-order valence-electron chi connectivity index (χ2n) is 5.40. The Balaban J connectivity index is -0.000000272. The van der Waals surface area contributed by atoms with E-state index in [4.69, 9.17) is 19.1 Å². The van der Waals surface area contributed by atoms with Gasteiger partial charge in [0, 0.05) is 5.56 Å². The maximum Gasteiger partial charge on any atom is 3.00 e. The first-order valence-corrected chi connectivity index (χ1v) is 8.13. The molecule has 2 aromatic rings. The van der Waals surface area contributed by atoms with Crippen LogP contribution in [0.1, 0.15) is 38.8 Å². The van der Waals surface area contributed by atoms with E-state index in [0.29, 0.717) is 0 Å². The van der Waals surface area contributed by atoms with Gasteiger partial charge in [-0.15, -0.1) is 12.2 Å². The predicted octanol–water partition coefficient (Wildman–Crippen LogP) is 3.03. The summed E-state index contributed by atoms with van der Waals surface area (Å²) in [5, 5.41) is 19.1. The van der Waals surface area contributed by atoms with Crippen molar-refractivity contribution in [2.75, 3.05) is 0 Å². The summed E-state index contributed by atoms with van der Waals surface area (Å²) in [5.41, 5.74) is 2.05. The SMILES string of the molecule is CC(C)[O-].CC(C)[O-].[C]#Cc1ccc(C)cc1.[S-]c1ccccc1.[Ti+3]. The fourth-order valence-corrected chi connectivity index (χ4v) is 1.21. The third-order valence-corrected chi connectivity index (χ3v) is 2.21. The van der Waals surface area contributed by atoms with E-state index in [9.17, 15) is 10.2 Å². The number of benzene rings is 2. The molecule has 0 fully saturated rings. The number of hydrogen-bond acceptors (Lipinski definition) is 3. The van der Waals surface area contributed by atoms with E-state index in [1.54, 1.807) is 27.7 Å². The molecular weight excluding hydrogens is 364 g/mol. The van der Waals surface area contributed by atoms with Crippen LogP contribution in [0.4, 0.5) is 0 Å². The van der Waals surface area contributed by atoms with Crippen LogP contribution in [0.5, 0.6) is 0 Å². The topological polar surface area (TPSA) is 46.1 Å². The van der Waals surface area contributed by atoms with Crippen molar-refractivity contribution in [3.05, 3.63) is 72.1 Å². The summed E-state index contributed by atoms with van der Waals surface area (Å²) < 4.78 is 0. The molecule has 0 N–H and O–H groups in total. The summed E-state index contributed by atoms with van der Waals surface area (Å²) in [6.07, 6.45) is 5.93. The van der Waals surface area contributed by atoms with Gasteiger partial charge in [-0.2, -0.15) is 4.90 Å². The van der Waals surface area contributed by atoms with Crippen molar-refractivity contribution >= 4 is 12.6 Å². The fraction of sp³-hybridized carbons (Fsp3) is 0.333. The minimum atomic E-state index is -0.417. The van der Waals surface area contributed by atoms with Gasteiger partial charge in [0.15, 0.2) is 0 Å². The molecule has 0 unspecified atom stereocenters. The van der Waals surface area contributed by atoms with Crippen LogP contribution in [0.2, 0.25) is 0 Å². The average Bonchev–Trinajstić information content (AvgIpc) is 2.48. The molecule has 25 heavy (non-hydrogen) atoms. The first-order chi connectivity index (χ1) is 11.2. The molecule has 0 saturated carbocycles. The number of aryl methyl sites for hydroxylation is 1. The van der Waals surface area contributed by atoms with E-state index in [1.165, 1.54) is 5.56 Å². The smallest absolute Gasteiger partial charge is 0.852 e. The quantitative estimate of drug-likeness (QED) is 0.395. The third kappa shape index (κ3) is 28.0. The summed E-state index contributed by atoms with van der Waals surface area (Å²) in [4.78, 5) is 0.905. The van der Waals surface area contributed by atoms with E-state index < -0.39 is 12.2 Å². The second-order valence-corrected chi connectivity index (χ2v) is 5.87. The van der Waals surface area contributed by atoms with Crippen LogP contribution in [0.25, 0.3) is 0 Å². The molecule has 132 valence electrons. The van der Waals surface area contributed by atoms with Crippen LogP contribution in [0, 0.1) is 19.3 Å². The molecule has 2 nitrogen and oxygen atoms in total.